The third-order valence-corrected chi connectivity index (χ3v) is 5.13. The molecule has 96 valence electrons. The van der Waals surface area contributed by atoms with Crippen LogP contribution in [0.15, 0.2) is 22.7 Å². The second kappa shape index (κ2) is 4.83. The van der Waals surface area contributed by atoms with E-state index in [1.807, 2.05) is 0 Å². The monoisotopic (exact) mass is 303 g/mol. The molecule has 8 heteroatoms. The van der Waals surface area contributed by atoms with Crippen LogP contribution in [0.5, 0.6) is 0 Å². The van der Waals surface area contributed by atoms with Crippen molar-refractivity contribution in [2.45, 2.75) is 18.1 Å². The summed E-state index contributed by atoms with van der Waals surface area (Å²) in [5, 5.41) is 1.02. The summed E-state index contributed by atoms with van der Waals surface area (Å²) in [6.07, 6.45) is 2.73. The van der Waals surface area contributed by atoms with Gasteiger partial charge < -0.3 is 0 Å². The molecule has 0 aromatic carbocycles. The van der Waals surface area contributed by atoms with Crippen molar-refractivity contribution in [1.82, 2.24) is 9.97 Å². The maximum atomic E-state index is 12.1. The summed E-state index contributed by atoms with van der Waals surface area (Å²) >= 11 is 6.83. The zero-order valence-corrected chi connectivity index (χ0v) is 12.0. The fourth-order valence-electron chi connectivity index (χ4n) is 1.29. The lowest BCUT2D eigenvalue weighted by Crippen LogP contribution is -2.12. The van der Waals surface area contributed by atoms with Crippen molar-refractivity contribution in [2.24, 2.45) is 0 Å². The quantitative estimate of drug-likeness (QED) is 0.885. The Balaban J connectivity index is 2.33. The molecule has 0 fully saturated rings. The molecule has 2 aromatic rings. The van der Waals surface area contributed by atoms with E-state index >= 15 is 0 Å². The van der Waals surface area contributed by atoms with Crippen LogP contribution >= 0.6 is 22.9 Å². The van der Waals surface area contributed by atoms with Gasteiger partial charge in [0.1, 0.15) is 5.15 Å². The topological polar surface area (TPSA) is 72.0 Å². The molecule has 0 atom stereocenters. The number of halogens is 1. The number of aromatic nitrogens is 2. The van der Waals surface area contributed by atoms with Gasteiger partial charge in [0, 0.05) is 0 Å². The van der Waals surface area contributed by atoms with E-state index in [0.29, 0.717) is 21.4 Å². The molecule has 5 nitrogen and oxygen atoms in total. The second-order valence-electron chi connectivity index (χ2n) is 3.63. The Morgan fingerprint density at radius 2 is 2.00 bits per heavy atom. The molecule has 0 saturated carbocycles. The molecule has 0 bridgehead atoms. The van der Waals surface area contributed by atoms with Gasteiger partial charge in [-0.25, -0.2) is 18.4 Å². The molecule has 0 aliphatic heterocycles. The maximum Gasteiger partial charge on any atom is 0.273 e. The van der Waals surface area contributed by atoms with Crippen molar-refractivity contribution in [1.29, 1.82) is 0 Å². The predicted octanol–water partition coefficient (Wildman–Crippen LogP) is 2.61. The maximum absolute atomic E-state index is 12.1. The average Bonchev–Trinajstić information content (AvgIpc) is 2.70. The average molecular weight is 304 g/mol. The summed E-state index contributed by atoms with van der Waals surface area (Å²) < 4.78 is 26.7. The number of rotatable bonds is 3. The third kappa shape index (κ3) is 2.80. The third-order valence-electron chi connectivity index (χ3n) is 2.19. The highest BCUT2D eigenvalue weighted by atomic mass is 35.5. The Hall–Kier alpha value is -1.18. The number of hydrogen-bond donors (Lipinski definition) is 1. The summed E-state index contributed by atoms with van der Waals surface area (Å²) in [5.41, 5.74) is 1.12. The Bertz CT molecular complexity index is 682. The molecule has 0 spiro atoms. The number of thiazole rings is 1. The van der Waals surface area contributed by atoms with Gasteiger partial charge in [0.15, 0.2) is 4.21 Å². The standard InChI is InChI=1S/C10H10ClN3O2S2/c1-6-3-9(11)13-4-8(6)14-18(15,16)10-5-12-7(2)17-10/h3-5,14H,1-2H3. The second-order valence-corrected chi connectivity index (χ2v) is 7.16. The smallest absolute Gasteiger partial charge is 0.273 e. The summed E-state index contributed by atoms with van der Waals surface area (Å²) in [7, 11) is -3.60. The molecule has 2 rings (SSSR count). The Morgan fingerprint density at radius 3 is 2.56 bits per heavy atom. The molecule has 0 radical (unpaired) electrons. The Labute approximate surface area is 114 Å². The molecular formula is C10H10ClN3O2S2. The first-order valence-corrected chi connectivity index (χ1v) is 7.63. The number of nitrogens with zero attached hydrogens (tertiary/aromatic N) is 2. The normalized spacial score (nSPS) is 11.5. The highest BCUT2D eigenvalue weighted by Crippen LogP contribution is 2.23. The minimum atomic E-state index is -3.60. The lowest BCUT2D eigenvalue weighted by molar-refractivity contribution is 0.603. The van der Waals surface area contributed by atoms with Gasteiger partial charge >= 0.3 is 0 Å². The summed E-state index contributed by atoms with van der Waals surface area (Å²) in [6, 6.07) is 1.59. The minimum Gasteiger partial charge on any atom is -0.277 e. The molecule has 2 aromatic heterocycles. The highest BCUT2D eigenvalue weighted by Gasteiger charge is 2.18. The molecule has 0 saturated heterocycles. The van der Waals surface area contributed by atoms with Crippen molar-refractivity contribution in [3.63, 3.8) is 0 Å². The van der Waals surface area contributed by atoms with Crippen LogP contribution in [0.1, 0.15) is 10.6 Å². The zero-order valence-electron chi connectivity index (χ0n) is 9.64. The number of sulfonamides is 1. The van der Waals surface area contributed by atoms with E-state index in [1.165, 1.54) is 12.4 Å². The van der Waals surface area contributed by atoms with Crippen LogP contribution in [-0.4, -0.2) is 18.4 Å². The lowest BCUT2D eigenvalue weighted by atomic mass is 10.3. The molecule has 0 amide bonds. The zero-order chi connectivity index (χ0) is 13.3. The van der Waals surface area contributed by atoms with Crippen molar-refractivity contribution < 1.29 is 8.42 Å². The summed E-state index contributed by atoms with van der Waals surface area (Å²) in [6.45, 7) is 3.50. The predicted molar refractivity (Wildman–Crippen MR) is 71.6 cm³/mol. The van der Waals surface area contributed by atoms with E-state index < -0.39 is 10.0 Å². The fourth-order valence-corrected chi connectivity index (χ4v) is 3.73. The van der Waals surface area contributed by atoms with E-state index in [0.717, 1.165) is 11.3 Å². The van der Waals surface area contributed by atoms with E-state index in [-0.39, 0.29) is 4.21 Å². The fraction of sp³-hybridized carbons (Fsp3) is 0.200. The number of aryl methyl sites for hydroxylation is 2. The van der Waals surface area contributed by atoms with Crippen molar-refractivity contribution in [3.05, 3.63) is 34.2 Å². The largest absolute Gasteiger partial charge is 0.277 e. The van der Waals surface area contributed by atoms with Gasteiger partial charge in [0.2, 0.25) is 0 Å². The number of hydrogen-bond acceptors (Lipinski definition) is 5. The molecule has 0 aliphatic rings. The highest BCUT2D eigenvalue weighted by molar-refractivity contribution is 7.94. The van der Waals surface area contributed by atoms with E-state index in [2.05, 4.69) is 14.7 Å². The van der Waals surface area contributed by atoms with Crippen LogP contribution in [-0.2, 0) is 10.0 Å². The lowest BCUT2D eigenvalue weighted by Gasteiger charge is -2.08. The Kier molecular flexibility index (Phi) is 3.56. The van der Waals surface area contributed by atoms with E-state index in [4.69, 9.17) is 11.6 Å². The van der Waals surface area contributed by atoms with Gasteiger partial charge in [-0.05, 0) is 25.5 Å². The van der Waals surface area contributed by atoms with Crippen molar-refractivity contribution in [2.75, 3.05) is 4.72 Å². The molecule has 1 N–H and O–H groups in total. The first-order chi connectivity index (χ1) is 8.38. The molecule has 0 aliphatic carbocycles. The van der Waals surface area contributed by atoms with Gasteiger partial charge in [-0.15, -0.1) is 11.3 Å². The minimum absolute atomic E-state index is 0.175. The SMILES string of the molecule is Cc1ncc(S(=O)(=O)Nc2cnc(Cl)cc2C)s1. The van der Waals surface area contributed by atoms with E-state index in [1.54, 1.807) is 19.9 Å². The summed E-state index contributed by atoms with van der Waals surface area (Å²) in [5.74, 6) is 0. The molecule has 18 heavy (non-hydrogen) atoms. The van der Waals surface area contributed by atoms with Gasteiger partial charge in [0.25, 0.3) is 10.0 Å². The van der Waals surface area contributed by atoms with Gasteiger partial charge in [-0.1, -0.05) is 11.6 Å². The van der Waals surface area contributed by atoms with Gasteiger partial charge in [-0.3, -0.25) is 4.72 Å². The first kappa shape index (κ1) is 13.3. The van der Waals surface area contributed by atoms with Crippen LogP contribution in [0, 0.1) is 13.8 Å². The number of nitrogens with one attached hydrogen (secondary N) is 1. The number of pyridine rings is 1. The number of anilines is 1. The molecule has 2 heterocycles. The van der Waals surface area contributed by atoms with E-state index in [9.17, 15) is 8.42 Å². The van der Waals surface area contributed by atoms with Crippen LogP contribution in [0.3, 0.4) is 0 Å². The molecular weight excluding hydrogens is 294 g/mol. The first-order valence-electron chi connectivity index (χ1n) is 4.96. The summed E-state index contributed by atoms with van der Waals surface area (Å²) in [4.78, 5) is 7.77. The van der Waals surface area contributed by atoms with Gasteiger partial charge in [0.05, 0.1) is 23.1 Å². The Morgan fingerprint density at radius 1 is 1.28 bits per heavy atom. The van der Waals surface area contributed by atoms with Crippen molar-refractivity contribution >= 4 is 38.6 Å². The molecule has 0 unspecified atom stereocenters. The van der Waals surface area contributed by atoms with Crippen LogP contribution in [0.4, 0.5) is 5.69 Å². The van der Waals surface area contributed by atoms with Crippen LogP contribution in [0.25, 0.3) is 0 Å². The van der Waals surface area contributed by atoms with Crippen molar-refractivity contribution in [3.8, 4) is 0 Å². The van der Waals surface area contributed by atoms with Crippen LogP contribution in [0.2, 0.25) is 5.15 Å². The van der Waals surface area contributed by atoms with Crippen LogP contribution < -0.4 is 4.72 Å². The van der Waals surface area contributed by atoms with Gasteiger partial charge in [-0.2, -0.15) is 0 Å².